The normalized spacial score (nSPS) is 20.9. The summed E-state index contributed by atoms with van der Waals surface area (Å²) in [6, 6.07) is 0. The lowest BCUT2D eigenvalue weighted by Crippen LogP contribution is -2.13. The molecule has 2 rings (SSSR count). The third kappa shape index (κ3) is 2.82. The molecule has 4 heteroatoms. The lowest BCUT2D eigenvalue weighted by molar-refractivity contribution is 0.539. The van der Waals surface area contributed by atoms with Crippen molar-refractivity contribution in [3.05, 3.63) is 11.6 Å². The van der Waals surface area contributed by atoms with Gasteiger partial charge in [-0.05, 0) is 31.3 Å². The maximum atomic E-state index is 4.64. The van der Waals surface area contributed by atoms with Gasteiger partial charge >= 0.3 is 0 Å². The Balaban J connectivity index is 2.00. The summed E-state index contributed by atoms with van der Waals surface area (Å²) in [5.41, 5.74) is 0. The van der Waals surface area contributed by atoms with E-state index in [1.54, 1.807) is 0 Å². The summed E-state index contributed by atoms with van der Waals surface area (Å²) >= 11 is 0. The fourth-order valence-corrected chi connectivity index (χ4v) is 2.25. The van der Waals surface area contributed by atoms with Crippen molar-refractivity contribution >= 4 is 0 Å². The molecule has 4 nitrogen and oxygen atoms in total. The standard InChI is InChI=1S/C12H22N4/c1-9(2)6-11-14-12(16(3)15-11)7-10-4-5-13-8-10/h9-10,13H,4-8H2,1-3H3. The van der Waals surface area contributed by atoms with Crippen molar-refractivity contribution < 1.29 is 0 Å². The van der Waals surface area contributed by atoms with Gasteiger partial charge in [-0.2, -0.15) is 5.10 Å². The Labute approximate surface area is 97.5 Å². The van der Waals surface area contributed by atoms with Gasteiger partial charge in [0.15, 0.2) is 5.82 Å². The molecule has 0 aliphatic carbocycles. The molecular weight excluding hydrogens is 200 g/mol. The fourth-order valence-electron chi connectivity index (χ4n) is 2.25. The highest BCUT2D eigenvalue weighted by Crippen LogP contribution is 2.14. The van der Waals surface area contributed by atoms with E-state index in [1.165, 1.54) is 6.42 Å². The molecular formula is C12H22N4. The predicted molar refractivity (Wildman–Crippen MR) is 64.2 cm³/mol. The number of aromatic nitrogens is 3. The molecule has 0 aromatic carbocycles. The van der Waals surface area contributed by atoms with Gasteiger partial charge in [0, 0.05) is 19.9 Å². The van der Waals surface area contributed by atoms with Crippen molar-refractivity contribution in [2.75, 3.05) is 13.1 Å². The Bertz CT molecular complexity index is 337. The van der Waals surface area contributed by atoms with Gasteiger partial charge in [0.25, 0.3) is 0 Å². The van der Waals surface area contributed by atoms with Crippen LogP contribution in [0.15, 0.2) is 0 Å². The van der Waals surface area contributed by atoms with Gasteiger partial charge in [-0.25, -0.2) is 4.98 Å². The van der Waals surface area contributed by atoms with Crippen molar-refractivity contribution in [3.63, 3.8) is 0 Å². The average molecular weight is 222 g/mol. The molecule has 0 saturated carbocycles. The molecule has 1 aromatic heterocycles. The maximum Gasteiger partial charge on any atom is 0.151 e. The summed E-state index contributed by atoms with van der Waals surface area (Å²) < 4.78 is 1.95. The Kier molecular flexibility index (Phi) is 3.59. The molecule has 1 atom stereocenters. The third-order valence-electron chi connectivity index (χ3n) is 3.12. The molecule has 90 valence electrons. The molecule has 0 amide bonds. The van der Waals surface area contributed by atoms with Gasteiger partial charge in [0.1, 0.15) is 5.82 Å². The van der Waals surface area contributed by atoms with Crippen LogP contribution in [0.2, 0.25) is 0 Å². The summed E-state index contributed by atoms with van der Waals surface area (Å²) in [6.45, 7) is 6.70. The summed E-state index contributed by atoms with van der Waals surface area (Å²) in [6.07, 6.45) is 3.32. The Morgan fingerprint density at radius 1 is 1.50 bits per heavy atom. The molecule has 2 heterocycles. The minimum absolute atomic E-state index is 0.628. The molecule has 0 spiro atoms. The zero-order chi connectivity index (χ0) is 11.5. The maximum absolute atomic E-state index is 4.64. The van der Waals surface area contributed by atoms with Crippen LogP contribution in [0.25, 0.3) is 0 Å². The number of nitrogens with zero attached hydrogens (tertiary/aromatic N) is 3. The topological polar surface area (TPSA) is 42.7 Å². The van der Waals surface area contributed by atoms with Crippen molar-refractivity contribution in [2.24, 2.45) is 18.9 Å². The van der Waals surface area contributed by atoms with Crippen LogP contribution in [-0.4, -0.2) is 27.9 Å². The minimum Gasteiger partial charge on any atom is -0.316 e. The average Bonchev–Trinajstić information content (AvgIpc) is 2.77. The van der Waals surface area contributed by atoms with Crippen LogP contribution >= 0.6 is 0 Å². The molecule has 1 fully saturated rings. The zero-order valence-electron chi connectivity index (χ0n) is 10.5. The lowest BCUT2D eigenvalue weighted by Gasteiger charge is -2.05. The Morgan fingerprint density at radius 2 is 2.31 bits per heavy atom. The van der Waals surface area contributed by atoms with E-state index in [0.29, 0.717) is 5.92 Å². The van der Waals surface area contributed by atoms with E-state index < -0.39 is 0 Å². The van der Waals surface area contributed by atoms with E-state index in [4.69, 9.17) is 0 Å². The first-order valence-electron chi connectivity index (χ1n) is 6.24. The molecule has 1 unspecified atom stereocenters. The van der Waals surface area contributed by atoms with E-state index >= 15 is 0 Å². The molecule has 16 heavy (non-hydrogen) atoms. The SMILES string of the molecule is CC(C)Cc1nc(CC2CCNC2)n(C)n1. The second-order valence-electron chi connectivity index (χ2n) is 5.23. The quantitative estimate of drug-likeness (QED) is 0.831. The van der Waals surface area contributed by atoms with Gasteiger partial charge in [0.05, 0.1) is 0 Å². The largest absolute Gasteiger partial charge is 0.316 e. The number of aryl methyl sites for hydroxylation is 1. The molecule has 1 aliphatic rings. The molecule has 0 bridgehead atoms. The van der Waals surface area contributed by atoms with Gasteiger partial charge in [-0.15, -0.1) is 0 Å². The van der Waals surface area contributed by atoms with Crippen LogP contribution in [0.5, 0.6) is 0 Å². The first-order chi connectivity index (χ1) is 7.65. The second kappa shape index (κ2) is 4.95. The first kappa shape index (κ1) is 11.6. The van der Waals surface area contributed by atoms with Crippen LogP contribution in [0, 0.1) is 11.8 Å². The van der Waals surface area contributed by atoms with Crippen LogP contribution in [0.1, 0.15) is 31.9 Å². The van der Waals surface area contributed by atoms with Crippen LogP contribution in [-0.2, 0) is 19.9 Å². The first-order valence-corrected chi connectivity index (χ1v) is 6.24. The number of hydrogen-bond acceptors (Lipinski definition) is 3. The highest BCUT2D eigenvalue weighted by Gasteiger charge is 2.18. The molecule has 0 radical (unpaired) electrons. The molecule has 1 N–H and O–H groups in total. The summed E-state index contributed by atoms with van der Waals surface area (Å²) in [5, 5.41) is 7.87. The second-order valence-corrected chi connectivity index (χ2v) is 5.23. The predicted octanol–water partition coefficient (Wildman–Crippen LogP) is 1.17. The summed E-state index contributed by atoms with van der Waals surface area (Å²) in [4.78, 5) is 4.64. The van der Waals surface area contributed by atoms with E-state index in [1.807, 2.05) is 11.7 Å². The van der Waals surface area contributed by atoms with E-state index in [9.17, 15) is 0 Å². The Hall–Kier alpha value is -0.900. The van der Waals surface area contributed by atoms with E-state index in [-0.39, 0.29) is 0 Å². The highest BCUT2D eigenvalue weighted by atomic mass is 15.3. The minimum atomic E-state index is 0.628. The van der Waals surface area contributed by atoms with Gasteiger partial charge in [0.2, 0.25) is 0 Å². The Morgan fingerprint density at radius 3 is 2.94 bits per heavy atom. The third-order valence-corrected chi connectivity index (χ3v) is 3.12. The number of nitrogens with one attached hydrogen (secondary N) is 1. The van der Waals surface area contributed by atoms with Crippen LogP contribution in [0.4, 0.5) is 0 Å². The van der Waals surface area contributed by atoms with Gasteiger partial charge in [-0.1, -0.05) is 13.8 Å². The smallest absolute Gasteiger partial charge is 0.151 e. The highest BCUT2D eigenvalue weighted by molar-refractivity contribution is 4.96. The molecule has 1 aromatic rings. The van der Waals surface area contributed by atoms with Crippen LogP contribution in [0.3, 0.4) is 0 Å². The number of hydrogen-bond donors (Lipinski definition) is 1. The van der Waals surface area contributed by atoms with E-state index in [0.717, 1.165) is 43.5 Å². The summed E-state index contributed by atoms with van der Waals surface area (Å²) in [7, 11) is 2.01. The van der Waals surface area contributed by atoms with E-state index in [2.05, 4.69) is 29.2 Å². The monoisotopic (exact) mass is 222 g/mol. The fraction of sp³-hybridized carbons (Fsp3) is 0.833. The zero-order valence-corrected chi connectivity index (χ0v) is 10.5. The van der Waals surface area contributed by atoms with Crippen molar-refractivity contribution in [1.82, 2.24) is 20.1 Å². The molecule has 1 aliphatic heterocycles. The van der Waals surface area contributed by atoms with Gasteiger partial charge < -0.3 is 5.32 Å². The van der Waals surface area contributed by atoms with Crippen molar-refractivity contribution in [3.8, 4) is 0 Å². The lowest BCUT2D eigenvalue weighted by atomic mass is 10.0. The van der Waals surface area contributed by atoms with Crippen molar-refractivity contribution in [1.29, 1.82) is 0 Å². The van der Waals surface area contributed by atoms with Crippen LogP contribution < -0.4 is 5.32 Å². The molecule has 1 saturated heterocycles. The number of rotatable bonds is 4. The van der Waals surface area contributed by atoms with Crippen molar-refractivity contribution in [2.45, 2.75) is 33.1 Å². The summed E-state index contributed by atoms with van der Waals surface area (Å²) in [5.74, 6) is 3.51. The van der Waals surface area contributed by atoms with Gasteiger partial charge in [-0.3, -0.25) is 4.68 Å².